The van der Waals surface area contributed by atoms with Gasteiger partial charge in [-0.05, 0) is 30.2 Å². The van der Waals surface area contributed by atoms with Gasteiger partial charge in [0.2, 0.25) is 0 Å². The van der Waals surface area contributed by atoms with Crippen LogP contribution in [0.5, 0.6) is 0 Å². The fraction of sp³-hybridized carbons (Fsp3) is 0.200. The van der Waals surface area contributed by atoms with Crippen LogP contribution in [-0.4, -0.2) is 12.0 Å². The lowest BCUT2D eigenvalue weighted by Crippen LogP contribution is -2.17. The monoisotopic (exact) mass is 237 g/mol. The molecule has 0 radical (unpaired) electrons. The first-order chi connectivity index (χ1) is 8.70. The van der Waals surface area contributed by atoms with Crippen molar-refractivity contribution in [3.63, 3.8) is 0 Å². The van der Waals surface area contributed by atoms with Gasteiger partial charge in [0.05, 0.1) is 0 Å². The summed E-state index contributed by atoms with van der Waals surface area (Å²) in [7, 11) is 2.02. The van der Waals surface area contributed by atoms with Crippen molar-refractivity contribution in [1.82, 2.24) is 4.98 Å². The van der Waals surface area contributed by atoms with Crippen LogP contribution in [0.3, 0.4) is 0 Å². The summed E-state index contributed by atoms with van der Waals surface area (Å²) >= 11 is 0. The number of nitriles is 1. The molecular formula is C15H15N3. The van der Waals surface area contributed by atoms with Crippen molar-refractivity contribution >= 4 is 5.69 Å². The molecule has 3 nitrogen and oxygen atoms in total. The summed E-state index contributed by atoms with van der Waals surface area (Å²) in [4.78, 5) is 6.09. The molecule has 0 aliphatic rings. The van der Waals surface area contributed by atoms with Crippen LogP contribution in [0.1, 0.15) is 16.8 Å². The molecule has 0 atom stereocenters. The molecule has 2 aromatic rings. The molecule has 90 valence electrons. The lowest BCUT2D eigenvalue weighted by atomic mass is 10.1. The molecule has 0 saturated carbocycles. The third-order valence-corrected chi connectivity index (χ3v) is 2.97. The first-order valence-corrected chi connectivity index (χ1v) is 5.82. The maximum Gasteiger partial charge on any atom is 0.142 e. The second-order valence-corrected chi connectivity index (χ2v) is 4.29. The topological polar surface area (TPSA) is 39.9 Å². The predicted molar refractivity (Wildman–Crippen MR) is 72.2 cm³/mol. The zero-order chi connectivity index (χ0) is 13.0. The van der Waals surface area contributed by atoms with Gasteiger partial charge in [-0.15, -0.1) is 0 Å². The van der Waals surface area contributed by atoms with Crippen LogP contribution in [0.2, 0.25) is 0 Å². The second kappa shape index (κ2) is 5.33. The normalized spacial score (nSPS) is 9.83. The van der Waals surface area contributed by atoms with Gasteiger partial charge in [0.25, 0.3) is 0 Å². The van der Waals surface area contributed by atoms with Crippen molar-refractivity contribution < 1.29 is 0 Å². The lowest BCUT2D eigenvalue weighted by molar-refractivity contribution is 0.911. The number of nitrogens with zero attached hydrogens (tertiary/aromatic N) is 3. The SMILES string of the molecule is Cc1ccccc1CN(C)c1ccnc(C#N)c1. The molecule has 1 aromatic carbocycles. The molecule has 0 aliphatic carbocycles. The highest BCUT2D eigenvalue weighted by molar-refractivity contribution is 5.48. The number of aryl methyl sites for hydroxylation is 1. The number of rotatable bonds is 3. The molecule has 1 aromatic heterocycles. The average Bonchev–Trinajstić information content (AvgIpc) is 2.41. The van der Waals surface area contributed by atoms with E-state index in [1.54, 1.807) is 12.3 Å². The van der Waals surface area contributed by atoms with Crippen molar-refractivity contribution in [2.45, 2.75) is 13.5 Å². The minimum atomic E-state index is 0.448. The molecule has 0 fully saturated rings. The number of benzene rings is 1. The van der Waals surface area contributed by atoms with Gasteiger partial charge in [0, 0.05) is 25.5 Å². The minimum Gasteiger partial charge on any atom is -0.370 e. The Morgan fingerprint density at radius 1 is 1.28 bits per heavy atom. The van der Waals surface area contributed by atoms with Crippen molar-refractivity contribution in [2.24, 2.45) is 0 Å². The third-order valence-electron chi connectivity index (χ3n) is 2.97. The summed E-state index contributed by atoms with van der Waals surface area (Å²) in [6.07, 6.45) is 1.67. The molecule has 0 bridgehead atoms. The van der Waals surface area contributed by atoms with E-state index in [4.69, 9.17) is 5.26 Å². The number of hydrogen-bond acceptors (Lipinski definition) is 3. The van der Waals surface area contributed by atoms with Gasteiger partial charge in [-0.25, -0.2) is 4.98 Å². The van der Waals surface area contributed by atoms with E-state index in [-0.39, 0.29) is 0 Å². The van der Waals surface area contributed by atoms with Gasteiger partial charge < -0.3 is 4.90 Å². The van der Waals surface area contributed by atoms with Gasteiger partial charge in [0.15, 0.2) is 0 Å². The summed E-state index contributed by atoms with van der Waals surface area (Å²) in [5.74, 6) is 0. The molecule has 0 spiro atoms. The van der Waals surface area contributed by atoms with E-state index in [2.05, 4.69) is 35.0 Å². The smallest absolute Gasteiger partial charge is 0.142 e. The largest absolute Gasteiger partial charge is 0.370 e. The molecule has 2 rings (SSSR count). The van der Waals surface area contributed by atoms with Crippen LogP contribution in [0.15, 0.2) is 42.6 Å². The van der Waals surface area contributed by atoms with E-state index >= 15 is 0 Å². The van der Waals surface area contributed by atoms with E-state index in [1.807, 2.05) is 25.2 Å². The van der Waals surface area contributed by atoms with Gasteiger partial charge in [-0.3, -0.25) is 0 Å². The maximum absolute atomic E-state index is 8.85. The molecule has 0 amide bonds. The fourth-order valence-electron chi connectivity index (χ4n) is 1.85. The summed E-state index contributed by atoms with van der Waals surface area (Å²) in [5, 5.41) is 8.85. The lowest BCUT2D eigenvalue weighted by Gasteiger charge is -2.20. The van der Waals surface area contributed by atoms with Gasteiger partial charge in [0.1, 0.15) is 11.8 Å². The number of anilines is 1. The zero-order valence-corrected chi connectivity index (χ0v) is 10.6. The summed E-state index contributed by atoms with van der Waals surface area (Å²) in [6.45, 7) is 2.93. The number of pyridine rings is 1. The Hall–Kier alpha value is -2.34. The van der Waals surface area contributed by atoms with Gasteiger partial charge in [-0.2, -0.15) is 5.26 Å². The highest BCUT2D eigenvalue weighted by atomic mass is 15.1. The first kappa shape index (κ1) is 12.1. The second-order valence-electron chi connectivity index (χ2n) is 4.29. The Morgan fingerprint density at radius 3 is 2.78 bits per heavy atom. The van der Waals surface area contributed by atoms with Crippen LogP contribution in [0, 0.1) is 18.3 Å². The quantitative estimate of drug-likeness (QED) is 0.824. The maximum atomic E-state index is 8.85. The molecule has 3 heteroatoms. The molecule has 0 saturated heterocycles. The van der Waals surface area contributed by atoms with Gasteiger partial charge >= 0.3 is 0 Å². The highest BCUT2D eigenvalue weighted by Crippen LogP contribution is 2.17. The van der Waals surface area contributed by atoms with Crippen molar-refractivity contribution in [3.05, 3.63) is 59.4 Å². The molecule has 0 aliphatic heterocycles. The molecule has 18 heavy (non-hydrogen) atoms. The molecule has 0 N–H and O–H groups in total. The van der Waals surface area contributed by atoms with E-state index in [9.17, 15) is 0 Å². The number of hydrogen-bond donors (Lipinski definition) is 0. The third kappa shape index (κ3) is 2.67. The van der Waals surface area contributed by atoms with Crippen molar-refractivity contribution in [3.8, 4) is 6.07 Å². The average molecular weight is 237 g/mol. The molecule has 1 heterocycles. The fourth-order valence-corrected chi connectivity index (χ4v) is 1.85. The van der Waals surface area contributed by atoms with E-state index in [0.29, 0.717) is 5.69 Å². The van der Waals surface area contributed by atoms with Crippen LogP contribution in [0.4, 0.5) is 5.69 Å². The zero-order valence-electron chi connectivity index (χ0n) is 10.6. The Balaban J connectivity index is 2.20. The standard InChI is InChI=1S/C15H15N3/c1-12-5-3-4-6-13(12)11-18(2)15-7-8-17-14(9-15)10-16/h3-9H,11H2,1-2H3. The highest BCUT2D eigenvalue weighted by Gasteiger charge is 2.05. The Bertz CT molecular complexity index is 584. The Labute approximate surface area is 107 Å². The van der Waals surface area contributed by atoms with Gasteiger partial charge in [-0.1, -0.05) is 24.3 Å². The van der Waals surface area contributed by atoms with Crippen LogP contribution in [0.25, 0.3) is 0 Å². The van der Waals surface area contributed by atoms with E-state index in [0.717, 1.165) is 12.2 Å². The summed E-state index contributed by atoms with van der Waals surface area (Å²) < 4.78 is 0. The summed E-state index contributed by atoms with van der Waals surface area (Å²) in [5.41, 5.74) is 4.02. The first-order valence-electron chi connectivity index (χ1n) is 5.82. The van der Waals surface area contributed by atoms with Crippen LogP contribution >= 0.6 is 0 Å². The van der Waals surface area contributed by atoms with E-state index < -0.39 is 0 Å². The van der Waals surface area contributed by atoms with Crippen LogP contribution in [-0.2, 0) is 6.54 Å². The molecular weight excluding hydrogens is 222 g/mol. The molecule has 0 unspecified atom stereocenters. The Kier molecular flexibility index (Phi) is 3.59. The van der Waals surface area contributed by atoms with E-state index in [1.165, 1.54) is 11.1 Å². The van der Waals surface area contributed by atoms with Crippen molar-refractivity contribution in [1.29, 1.82) is 5.26 Å². The van der Waals surface area contributed by atoms with Crippen molar-refractivity contribution in [2.75, 3.05) is 11.9 Å². The summed E-state index contributed by atoms with van der Waals surface area (Å²) in [6, 6.07) is 14.1. The number of aromatic nitrogens is 1. The predicted octanol–water partition coefficient (Wildman–Crippen LogP) is 2.90. The minimum absolute atomic E-state index is 0.448. The Morgan fingerprint density at radius 2 is 2.06 bits per heavy atom. The van der Waals surface area contributed by atoms with Crippen LogP contribution < -0.4 is 4.90 Å².